The molecule has 0 bridgehead atoms. The minimum absolute atomic E-state index is 0.0425. The molecule has 6 nitrogen and oxygen atoms in total. The van der Waals surface area contributed by atoms with E-state index in [0.29, 0.717) is 11.3 Å². The van der Waals surface area contributed by atoms with E-state index >= 15 is 0 Å². The quantitative estimate of drug-likeness (QED) is 0.411. The van der Waals surface area contributed by atoms with Crippen molar-refractivity contribution in [3.05, 3.63) is 47.5 Å². The molecule has 31 heavy (non-hydrogen) atoms. The van der Waals surface area contributed by atoms with E-state index in [1.54, 1.807) is 19.1 Å². The molecule has 0 saturated heterocycles. The Morgan fingerprint density at radius 1 is 1.06 bits per heavy atom. The molecule has 3 heterocycles. The van der Waals surface area contributed by atoms with Gasteiger partial charge in [-0.25, -0.2) is 9.97 Å². The number of nitrogens with zero attached hydrogens (tertiary/aromatic N) is 4. The molecule has 3 aromatic heterocycles. The molecule has 4 rings (SSSR count). The lowest BCUT2D eigenvalue weighted by Crippen LogP contribution is -2.08. The van der Waals surface area contributed by atoms with Gasteiger partial charge < -0.3 is 9.47 Å². The van der Waals surface area contributed by atoms with Gasteiger partial charge in [-0.15, -0.1) is 0 Å². The van der Waals surface area contributed by atoms with E-state index in [9.17, 15) is 22.0 Å². The molecule has 11 heteroatoms. The smallest absolute Gasteiger partial charge is 0.435 e. The summed E-state index contributed by atoms with van der Waals surface area (Å²) in [5.74, 6) is -0.281. The molecular weight excluding hydrogens is 423 g/mol. The Morgan fingerprint density at radius 3 is 2.42 bits per heavy atom. The van der Waals surface area contributed by atoms with Gasteiger partial charge in [0, 0.05) is 29.6 Å². The van der Waals surface area contributed by atoms with Gasteiger partial charge in [-0.2, -0.15) is 22.0 Å². The maximum absolute atomic E-state index is 13.9. The van der Waals surface area contributed by atoms with Crippen LogP contribution in [-0.4, -0.2) is 33.1 Å². The Morgan fingerprint density at radius 2 is 1.81 bits per heavy atom. The Bertz CT molecular complexity index is 1300. The highest BCUT2D eigenvalue weighted by Crippen LogP contribution is 2.40. The van der Waals surface area contributed by atoms with E-state index in [2.05, 4.69) is 19.7 Å². The number of benzene rings is 1. The van der Waals surface area contributed by atoms with E-state index in [0.717, 1.165) is 0 Å². The van der Waals surface area contributed by atoms with Crippen LogP contribution >= 0.6 is 0 Å². The van der Waals surface area contributed by atoms with Crippen LogP contribution in [0.5, 0.6) is 11.5 Å². The second-order valence-corrected chi connectivity index (χ2v) is 6.67. The molecule has 0 aliphatic heterocycles. The number of aromatic nitrogens is 4. The van der Waals surface area contributed by atoms with Crippen molar-refractivity contribution in [1.82, 2.24) is 19.4 Å². The third-order valence-electron chi connectivity index (χ3n) is 4.73. The summed E-state index contributed by atoms with van der Waals surface area (Å²) in [5, 5.41) is 0. The molecule has 4 aromatic rings. The van der Waals surface area contributed by atoms with E-state index in [1.807, 2.05) is 0 Å². The number of hydrogen-bond acceptors (Lipinski definition) is 5. The Labute approximate surface area is 172 Å². The third kappa shape index (κ3) is 3.49. The van der Waals surface area contributed by atoms with Gasteiger partial charge in [0.1, 0.15) is 22.8 Å². The number of fused-ring (bicyclic) bond motifs is 3. The first-order valence-electron chi connectivity index (χ1n) is 8.96. The predicted octanol–water partition coefficient (Wildman–Crippen LogP) is 5.19. The minimum atomic E-state index is -4.78. The molecule has 162 valence electrons. The van der Waals surface area contributed by atoms with E-state index < -0.39 is 18.5 Å². The van der Waals surface area contributed by atoms with Crippen LogP contribution in [0.2, 0.25) is 0 Å². The van der Waals surface area contributed by atoms with Crippen LogP contribution in [-0.2, 0) is 6.18 Å². The highest BCUT2D eigenvalue weighted by atomic mass is 19.4. The zero-order valence-corrected chi connectivity index (χ0v) is 16.5. The molecule has 0 saturated carbocycles. The van der Waals surface area contributed by atoms with Crippen molar-refractivity contribution in [2.75, 3.05) is 7.11 Å². The van der Waals surface area contributed by atoms with Crippen LogP contribution in [0.25, 0.3) is 27.9 Å². The fourth-order valence-corrected chi connectivity index (χ4v) is 3.49. The van der Waals surface area contributed by atoms with Gasteiger partial charge in [-0.1, -0.05) is 0 Å². The monoisotopic (exact) mass is 438 g/mol. The summed E-state index contributed by atoms with van der Waals surface area (Å²) in [6.07, 6.45) is -3.28. The molecule has 0 amide bonds. The number of rotatable bonds is 4. The van der Waals surface area contributed by atoms with E-state index in [4.69, 9.17) is 4.74 Å². The fourth-order valence-electron chi connectivity index (χ4n) is 3.49. The van der Waals surface area contributed by atoms with Crippen molar-refractivity contribution in [1.29, 1.82) is 0 Å². The molecule has 1 aromatic carbocycles. The second-order valence-electron chi connectivity index (χ2n) is 6.67. The lowest BCUT2D eigenvalue weighted by Gasteiger charge is -2.14. The molecule has 0 radical (unpaired) electrons. The number of alkyl halides is 5. The van der Waals surface area contributed by atoms with Crippen molar-refractivity contribution in [2.24, 2.45) is 0 Å². The lowest BCUT2D eigenvalue weighted by molar-refractivity contribution is -0.139. The van der Waals surface area contributed by atoms with Crippen molar-refractivity contribution >= 4 is 16.6 Å². The maximum atomic E-state index is 13.9. The molecular formula is C20H15F5N4O2. The summed E-state index contributed by atoms with van der Waals surface area (Å²) in [6.45, 7) is -0.0925. The average Bonchev–Trinajstić information content (AvgIpc) is 3.10. The molecule has 0 fully saturated rings. The first kappa shape index (κ1) is 20.8. The Kier molecular flexibility index (Phi) is 4.91. The number of aryl methyl sites for hydroxylation is 2. The molecule has 0 aliphatic carbocycles. The summed E-state index contributed by atoms with van der Waals surface area (Å²) < 4.78 is 78.2. The highest BCUT2D eigenvalue weighted by molar-refractivity contribution is 5.89. The third-order valence-corrected chi connectivity index (χ3v) is 4.73. The zero-order valence-electron chi connectivity index (χ0n) is 16.5. The van der Waals surface area contributed by atoms with Crippen molar-refractivity contribution in [3.63, 3.8) is 0 Å². The standard InChI is InChI=1S/C20H15F5N4O2/c1-9-12(5-4-6-26-9)18-28-17(20(23,24)25)16-10(2)27-15-13(29(16)18)7-11(31-19(21)22)8-14(15)30-3/h4-8,19H,1-3H3. The number of methoxy groups -OCH3 is 1. The van der Waals surface area contributed by atoms with E-state index in [1.165, 1.54) is 36.8 Å². The van der Waals surface area contributed by atoms with Crippen LogP contribution in [0.15, 0.2) is 30.5 Å². The molecule has 0 unspecified atom stereocenters. The molecule has 0 N–H and O–H groups in total. The molecule has 0 aliphatic rings. The van der Waals surface area contributed by atoms with Crippen LogP contribution in [0.1, 0.15) is 17.1 Å². The number of ether oxygens (including phenoxy) is 2. The fraction of sp³-hybridized carbons (Fsp3) is 0.250. The number of imidazole rings is 1. The molecule has 0 spiro atoms. The first-order chi connectivity index (χ1) is 14.6. The van der Waals surface area contributed by atoms with Gasteiger partial charge in [0.2, 0.25) is 0 Å². The lowest BCUT2D eigenvalue weighted by atomic mass is 10.2. The number of hydrogen-bond donors (Lipinski definition) is 0. The highest BCUT2D eigenvalue weighted by Gasteiger charge is 2.39. The number of pyridine rings is 1. The summed E-state index contributed by atoms with van der Waals surface area (Å²) in [4.78, 5) is 12.3. The van der Waals surface area contributed by atoms with Crippen LogP contribution < -0.4 is 9.47 Å². The second kappa shape index (κ2) is 7.33. The average molecular weight is 438 g/mol. The minimum Gasteiger partial charge on any atom is -0.494 e. The van der Waals surface area contributed by atoms with Crippen LogP contribution in [0.4, 0.5) is 22.0 Å². The van der Waals surface area contributed by atoms with Crippen LogP contribution in [0, 0.1) is 13.8 Å². The SMILES string of the molecule is COc1cc(OC(F)F)cc2c1nc(C)c1c(C(F)(F)F)nc(-c3cccnc3C)n12. The van der Waals surface area contributed by atoms with E-state index in [-0.39, 0.29) is 39.6 Å². The normalized spacial score (nSPS) is 12.2. The number of halogens is 5. The Balaban J connectivity index is 2.22. The van der Waals surface area contributed by atoms with Gasteiger partial charge in [0.05, 0.1) is 23.8 Å². The summed E-state index contributed by atoms with van der Waals surface area (Å²) >= 11 is 0. The summed E-state index contributed by atoms with van der Waals surface area (Å²) in [5.41, 5.74) is -0.371. The first-order valence-corrected chi connectivity index (χ1v) is 8.96. The van der Waals surface area contributed by atoms with Gasteiger partial charge in [0.15, 0.2) is 5.69 Å². The van der Waals surface area contributed by atoms with Crippen molar-refractivity contribution in [2.45, 2.75) is 26.6 Å². The topological polar surface area (TPSA) is 61.5 Å². The summed E-state index contributed by atoms with van der Waals surface area (Å²) in [6, 6.07) is 5.53. The van der Waals surface area contributed by atoms with Gasteiger partial charge in [-0.05, 0) is 26.0 Å². The van der Waals surface area contributed by atoms with Gasteiger partial charge >= 0.3 is 12.8 Å². The van der Waals surface area contributed by atoms with Crippen LogP contribution in [0.3, 0.4) is 0 Å². The van der Waals surface area contributed by atoms with Crippen molar-refractivity contribution < 1.29 is 31.4 Å². The maximum Gasteiger partial charge on any atom is 0.435 e. The van der Waals surface area contributed by atoms with Gasteiger partial charge in [-0.3, -0.25) is 9.38 Å². The Hall–Kier alpha value is -3.50. The largest absolute Gasteiger partial charge is 0.494 e. The molecule has 0 atom stereocenters. The zero-order chi connectivity index (χ0) is 22.5. The van der Waals surface area contributed by atoms with Crippen molar-refractivity contribution in [3.8, 4) is 22.9 Å². The predicted molar refractivity (Wildman–Crippen MR) is 101 cm³/mol. The van der Waals surface area contributed by atoms with Gasteiger partial charge in [0.25, 0.3) is 0 Å². The summed E-state index contributed by atoms with van der Waals surface area (Å²) in [7, 11) is 1.30.